The van der Waals surface area contributed by atoms with Crippen molar-refractivity contribution in [2.75, 3.05) is 36.0 Å². The second-order valence-corrected chi connectivity index (χ2v) is 15.6. The fourth-order valence-corrected chi connectivity index (χ4v) is 7.32. The van der Waals surface area contributed by atoms with E-state index in [1.54, 1.807) is 24.3 Å². The van der Waals surface area contributed by atoms with Crippen LogP contribution in [0.15, 0.2) is 127 Å². The minimum absolute atomic E-state index is 0. The number of hydrogen-bond donors (Lipinski definition) is 4. The molecule has 0 aliphatic heterocycles. The number of H-pyrrole nitrogens is 4. The van der Waals surface area contributed by atoms with Crippen LogP contribution in [0.1, 0.15) is 38.8 Å². The first-order valence-corrected chi connectivity index (χ1v) is 21.7. The van der Waals surface area contributed by atoms with Gasteiger partial charge in [-0.15, -0.1) is 0 Å². The normalized spacial score (nSPS) is 12.9. The van der Waals surface area contributed by atoms with Crippen LogP contribution >= 0.6 is 0 Å². The predicted molar refractivity (Wildman–Crippen MR) is 225 cm³/mol. The van der Waals surface area contributed by atoms with Crippen LogP contribution in [0.25, 0.3) is 12.2 Å². The summed E-state index contributed by atoms with van der Waals surface area (Å²) >= 11 is 0. The molecule has 0 saturated carbocycles. The number of nitrogens with one attached hydrogen (secondary N) is 4. The Bertz CT molecular complexity index is 2820. The van der Waals surface area contributed by atoms with Gasteiger partial charge in [0.15, 0.2) is 0 Å². The van der Waals surface area contributed by atoms with Gasteiger partial charge in [0, 0.05) is 26.2 Å². The van der Waals surface area contributed by atoms with Gasteiger partial charge in [0.25, 0.3) is 0 Å². The van der Waals surface area contributed by atoms with Crippen LogP contribution in [0, 0.1) is 0 Å². The van der Waals surface area contributed by atoms with Gasteiger partial charge in [-0.1, -0.05) is 60.7 Å². The molecule has 62 heavy (non-hydrogen) atoms. The number of benzene rings is 4. The number of para-hydroxylation sites is 2. The van der Waals surface area contributed by atoms with Gasteiger partial charge in [-0.25, -0.2) is 36.8 Å². The third kappa shape index (κ3) is 13.4. The van der Waals surface area contributed by atoms with Crippen LogP contribution in [0.5, 0.6) is 0 Å². The molecule has 0 radical (unpaired) electrons. The van der Waals surface area contributed by atoms with Gasteiger partial charge in [0.2, 0.25) is 34.4 Å². The molecule has 18 nitrogen and oxygen atoms in total. The molecule has 4 aromatic carbocycles. The summed E-state index contributed by atoms with van der Waals surface area (Å²) in [6, 6.07) is 26.1. The van der Waals surface area contributed by atoms with E-state index in [-0.39, 0.29) is 104 Å². The van der Waals surface area contributed by atoms with E-state index in [4.69, 9.17) is 0 Å². The maximum atomic E-state index is 12.6. The summed E-state index contributed by atoms with van der Waals surface area (Å²) in [7, 11) is -10.2. The van der Waals surface area contributed by atoms with Gasteiger partial charge in [0.1, 0.15) is 20.2 Å². The molecule has 0 spiro atoms. The Kier molecular flexibility index (Phi) is 18.2. The van der Waals surface area contributed by atoms with Crippen LogP contribution < -0.4 is 91.4 Å². The van der Waals surface area contributed by atoms with Gasteiger partial charge in [0.05, 0.1) is 32.5 Å². The zero-order valence-corrected chi connectivity index (χ0v) is 40.7. The van der Waals surface area contributed by atoms with E-state index in [0.29, 0.717) is 49.5 Å². The fourth-order valence-electron chi connectivity index (χ4n) is 5.94. The van der Waals surface area contributed by atoms with Crippen molar-refractivity contribution < 1.29 is 85.1 Å². The maximum absolute atomic E-state index is 12.6. The van der Waals surface area contributed by atoms with Gasteiger partial charge < -0.3 is 18.9 Å². The predicted octanol–water partition coefficient (Wildman–Crippen LogP) is -1.60. The molecule has 6 aromatic rings. The molecule has 0 atom stereocenters. The van der Waals surface area contributed by atoms with Crippen LogP contribution in [-0.2, 0) is 20.2 Å². The van der Waals surface area contributed by atoms with Crippen molar-refractivity contribution in [3.05, 3.63) is 131 Å². The van der Waals surface area contributed by atoms with E-state index in [1.165, 1.54) is 36.4 Å². The Balaban J connectivity index is 0.00000422. The molecule has 22 heteroatoms. The Hall–Kier alpha value is -4.74. The molecule has 0 bridgehead atoms. The number of aromatic nitrogens is 6. The molecular weight excluding hydrogens is 855 g/mol. The zero-order chi connectivity index (χ0) is 42.9. The topological polar surface area (TPSA) is 259 Å². The van der Waals surface area contributed by atoms with Crippen molar-refractivity contribution in [3.63, 3.8) is 0 Å². The Labute approximate surface area is 402 Å². The van der Waals surface area contributed by atoms with Gasteiger partial charge in [-0.05, 0) is 87.4 Å². The van der Waals surface area contributed by atoms with Crippen molar-refractivity contribution in [2.45, 2.75) is 37.5 Å². The number of aromatic amines is 4. The van der Waals surface area contributed by atoms with E-state index in [1.807, 2.05) is 73.9 Å². The van der Waals surface area contributed by atoms with Gasteiger partial charge in [-0.3, -0.25) is 19.9 Å². The standard InChI is InChI=1S/C40H44N12O6S2.2Na/c1-5-51(6-2)39-47-35(41-29-15-11-9-12-16-29)45-37(49-39)43-31-23-21-27(33(25-31)59(53,54)55)19-20-28-22-24-32(26-34(28)60(56,57)58)44-38-46-36(42-30-17-13-10-14-18-30)48-40(50-38)52(7-3)8-4;;/h9-26H,5-8H2,1-4H3,(H,53,54,55)(H,56,57,58)(H2,41,43,45,47,49)(H2,42,44,46,48,50);;/q;2*+1/p-2/b20-19+;;. The van der Waals surface area contributed by atoms with Crippen LogP contribution in [-0.4, -0.2) is 82.0 Å². The Morgan fingerprint density at radius 3 is 1.19 bits per heavy atom. The van der Waals surface area contributed by atoms with Crippen LogP contribution in [0.4, 0.5) is 34.6 Å². The average molecular weight is 897 g/mol. The van der Waals surface area contributed by atoms with Crippen molar-refractivity contribution in [1.82, 2.24) is 29.9 Å². The second-order valence-electron chi connectivity index (χ2n) is 12.9. The molecular formula is C40H42N12Na2O6S2. The quantitative estimate of drug-likeness (QED) is 0.0553. The molecule has 6 rings (SSSR count). The van der Waals surface area contributed by atoms with E-state index < -0.39 is 30.0 Å². The summed E-state index contributed by atoms with van der Waals surface area (Å²) in [4.78, 5) is 42.1. The van der Waals surface area contributed by atoms with Crippen molar-refractivity contribution in [3.8, 4) is 0 Å². The molecule has 0 fully saturated rings. The first kappa shape index (κ1) is 49.9. The molecule has 312 valence electrons. The molecule has 2 heterocycles. The SMILES string of the molecule is CCN(CC)c1nc(=Nc2ccccc2)[nH]c(=Nc2ccc(/C=C/c3ccc(N=c4[nH]c(N(CC)CC)nc(=Nc5ccccc5)[nH]4)cc3S(=O)(=O)[O-])c(S(=O)(=O)[O-])c2)[nH]1.[Na+].[Na+]. The summed E-state index contributed by atoms with van der Waals surface area (Å²) in [5.41, 5.74) is 2.11. The molecule has 0 unspecified atom stereocenters. The number of rotatable bonds is 14. The van der Waals surface area contributed by atoms with Crippen molar-refractivity contribution in [1.29, 1.82) is 0 Å². The van der Waals surface area contributed by atoms with E-state index >= 15 is 0 Å². The molecule has 2 aromatic heterocycles. The van der Waals surface area contributed by atoms with Crippen LogP contribution in [0.2, 0.25) is 0 Å². The fraction of sp³-hybridized carbons (Fsp3) is 0.200. The summed E-state index contributed by atoms with van der Waals surface area (Å²) in [6.07, 6.45) is 2.46. The zero-order valence-electron chi connectivity index (χ0n) is 35.1. The largest absolute Gasteiger partial charge is 1.00 e. The first-order chi connectivity index (χ1) is 28.8. The van der Waals surface area contributed by atoms with Gasteiger partial charge in [-0.2, -0.15) is 9.97 Å². The molecule has 0 amide bonds. The first-order valence-electron chi connectivity index (χ1n) is 18.8. The summed E-state index contributed by atoms with van der Waals surface area (Å²) in [6.45, 7) is 10.3. The number of hydrogen-bond acceptors (Lipinski definition) is 14. The third-order valence-corrected chi connectivity index (χ3v) is 10.7. The smallest absolute Gasteiger partial charge is 0.744 e. The van der Waals surface area contributed by atoms with Crippen LogP contribution in [0.3, 0.4) is 0 Å². The molecule has 0 aliphatic carbocycles. The number of nitrogens with zero attached hydrogens (tertiary/aromatic N) is 8. The summed E-state index contributed by atoms with van der Waals surface area (Å²) in [5, 5.41) is 0. The summed E-state index contributed by atoms with van der Waals surface area (Å²) in [5.74, 6) is 0.909. The average Bonchev–Trinajstić information content (AvgIpc) is 3.21. The third-order valence-electron chi connectivity index (χ3n) is 8.91. The van der Waals surface area contributed by atoms with E-state index in [9.17, 15) is 25.9 Å². The minimum atomic E-state index is -5.09. The minimum Gasteiger partial charge on any atom is -0.744 e. The summed E-state index contributed by atoms with van der Waals surface area (Å²) < 4.78 is 75.4. The Morgan fingerprint density at radius 1 is 0.516 bits per heavy atom. The molecule has 4 N–H and O–H groups in total. The number of anilines is 2. The van der Waals surface area contributed by atoms with E-state index in [0.717, 1.165) is 12.1 Å². The second kappa shape index (κ2) is 22.6. The monoisotopic (exact) mass is 896 g/mol. The maximum Gasteiger partial charge on any atom is 1.00 e. The molecule has 0 saturated heterocycles. The van der Waals surface area contributed by atoms with Crippen molar-refractivity contribution in [2.24, 2.45) is 20.0 Å². The molecule has 0 aliphatic rings. The Morgan fingerprint density at radius 2 is 0.871 bits per heavy atom. The van der Waals surface area contributed by atoms with Crippen molar-refractivity contribution >= 4 is 67.0 Å². The van der Waals surface area contributed by atoms with E-state index in [2.05, 4.69) is 49.9 Å². The van der Waals surface area contributed by atoms with Gasteiger partial charge >= 0.3 is 59.1 Å².